The van der Waals surface area contributed by atoms with Gasteiger partial charge in [-0.25, -0.2) is 0 Å². The van der Waals surface area contributed by atoms with Crippen LogP contribution in [-0.2, 0) is 0 Å². The Morgan fingerprint density at radius 2 is 1.75 bits per heavy atom. The molecule has 0 aliphatic heterocycles. The zero-order valence-electron chi connectivity index (χ0n) is 8.78. The maximum Gasteiger partial charge on any atom is 0.0254 e. The number of hydrogen-bond donors (Lipinski definition) is 0. The van der Waals surface area contributed by atoms with Crippen LogP contribution >= 0.6 is 11.6 Å². The lowest BCUT2D eigenvalue weighted by atomic mass is 9.92. The van der Waals surface area contributed by atoms with Gasteiger partial charge in [-0.3, -0.25) is 0 Å². The fourth-order valence-corrected chi connectivity index (χ4v) is 1.93. The first-order valence-electron chi connectivity index (χ1n) is 5.28. The average Bonchev–Trinajstić information content (AvgIpc) is 2.04. The summed E-state index contributed by atoms with van der Waals surface area (Å²) in [5.41, 5.74) is 0. The van der Waals surface area contributed by atoms with Crippen LogP contribution in [0.15, 0.2) is 0 Å². The lowest BCUT2D eigenvalue weighted by Crippen LogP contribution is -2.10. The molecule has 0 aliphatic rings. The SMILES string of the molecule is CCCCCCC(CCl)C(C)C. The van der Waals surface area contributed by atoms with E-state index in [2.05, 4.69) is 20.8 Å². The molecule has 74 valence electrons. The van der Waals surface area contributed by atoms with Gasteiger partial charge in [0.05, 0.1) is 0 Å². The highest BCUT2D eigenvalue weighted by atomic mass is 35.5. The second-order valence-electron chi connectivity index (χ2n) is 4.01. The first kappa shape index (κ1) is 12.3. The van der Waals surface area contributed by atoms with E-state index in [4.69, 9.17) is 11.6 Å². The molecule has 1 unspecified atom stereocenters. The summed E-state index contributed by atoms with van der Waals surface area (Å²) in [7, 11) is 0. The summed E-state index contributed by atoms with van der Waals surface area (Å²) in [6, 6.07) is 0. The Morgan fingerprint density at radius 3 is 2.17 bits per heavy atom. The summed E-state index contributed by atoms with van der Waals surface area (Å²) < 4.78 is 0. The first-order chi connectivity index (χ1) is 5.72. The minimum absolute atomic E-state index is 0.739. The number of halogens is 1. The molecule has 0 aromatic heterocycles. The van der Waals surface area contributed by atoms with Crippen LogP contribution in [0.25, 0.3) is 0 Å². The standard InChI is InChI=1S/C11H23Cl/c1-4-5-6-7-8-11(9-12)10(2)3/h10-11H,4-9H2,1-3H3. The third-order valence-corrected chi connectivity index (χ3v) is 2.97. The van der Waals surface area contributed by atoms with E-state index in [-0.39, 0.29) is 0 Å². The van der Waals surface area contributed by atoms with Gasteiger partial charge in [-0.2, -0.15) is 0 Å². The minimum Gasteiger partial charge on any atom is -0.126 e. The molecule has 0 aromatic carbocycles. The van der Waals surface area contributed by atoms with Gasteiger partial charge in [0.2, 0.25) is 0 Å². The van der Waals surface area contributed by atoms with Crippen LogP contribution < -0.4 is 0 Å². The lowest BCUT2D eigenvalue weighted by molar-refractivity contribution is 0.380. The van der Waals surface area contributed by atoms with Crippen molar-refractivity contribution < 1.29 is 0 Å². The molecule has 0 aromatic rings. The Bertz CT molecular complexity index is 89.0. The minimum atomic E-state index is 0.739. The van der Waals surface area contributed by atoms with E-state index in [1.165, 1.54) is 32.1 Å². The van der Waals surface area contributed by atoms with Crippen LogP contribution in [-0.4, -0.2) is 5.88 Å². The Hall–Kier alpha value is 0.290. The quantitative estimate of drug-likeness (QED) is 0.411. The van der Waals surface area contributed by atoms with E-state index in [9.17, 15) is 0 Å². The van der Waals surface area contributed by atoms with Crippen molar-refractivity contribution in [2.24, 2.45) is 11.8 Å². The molecule has 0 rings (SSSR count). The molecule has 0 aliphatic carbocycles. The zero-order chi connectivity index (χ0) is 9.40. The molecule has 0 nitrogen and oxygen atoms in total. The molecule has 0 radical (unpaired) electrons. The van der Waals surface area contributed by atoms with Crippen molar-refractivity contribution in [2.45, 2.75) is 52.9 Å². The molecule has 0 spiro atoms. The summed E-state index contributed by atoms with van der Waals surface area (Å²) in [6.45, 7) is 6.79. The Labute approximate surface area is 82.7 Å². The van der Waals surface area contributed by atoms with Gasteiger partial charge in [0.1, 0.15) is 0 Å². The van der Waals surface area contributed by atoms with Crippen LogP contribution in [0.4, 0.5) is 0 Å². The number of rotatable bonds is 7. The molecule has 0 bridgehead atoms. The summed E-state index contributed by atoms with van der Waals surface area (Å²) >= 11 is 5.88. The third-order valence-electron chi connectivity index (χ3n) is 2.57. The molecule has 12 heavy (non-hydrogen) atoms. The second kappa shape index (κ2) is 7.91. The van der Waals surface area contributed by atoms with E-state index >= 15 is 0 Å². The van der Waals surface area contributed by atoms with Crippen molar-refractivity contribution >= 4 is 11.6 Å². The smallest absolute Gasteiger partial charge is 0.0254 e. The molecule has 0 saturated carbocycles. The summed E-state index contributed by atoms with van der Waals surface area (Å²) in [5, 5.41) is 0. The molecule has 0 fully saturated rings. The molecule has 0 amide bonds. The fraction of sp³-hybridized carbons (Fsp3) is 1.00. The van der Waals surface area contributed by atoms with Crippen LogP contribution in [0.2, 0.25) is 0 Å². The van der Waals surface area contributed by atoms with Crippen LogP contribution in [0.5, 0.6) is 0 Å². The molecular formula is C11H23Cl. The highest BCUT2D eigenvalue weighted by Crippen LogP contribution is 2.20. The fourth-order valence-electron chi connectivity index (χ4n) is 1.42. The molecule has 1 atom stereocenters. The van der Waals surface area contributed by atoms with Gasteiger partial charge in [0, 0.05) is 5.88 Å². The largest absolute Gasteiger partial charge is 0.126 e. The number of unbranched alkanes of at least 4 members (excludes halogenated alkanes) is 3. The van der Waals surface area contributed by atoms with E-state index < -0.39 is 0 Å². The Morgan fingerprint density at radius 1 is 1.08 bits per heavy atom. The Balaban J connectivity index is 3.32. The summed E-state index contributed by atoms with van der Waals surface area (Å²) in [4.78, 5) is 0. The van der Waals surface area contributed by atoms with E-state index in [0.717, 1.165) is 17.7 Å². The van der Waals surface area contributed by atoms with Crippen molar-refractivity contribution in [1.82, 2.24) is 0 Å². The molecule has 0 N–H and O–H groups in total. The van der Waals surface area contributed by atoms with Crippen LogP contribution in [0.3, 0.4) is 0 Å². The summed E-state index contributed by atoms with van der Waals surface area (Å²) in [5.74, 6) is 2.33. The van der Waals surface area contributed by atoms with E-state index in [0.29, 0.717) is 0 Å². The Kier molecular flexibility index (Phi) is 8.11. The molecular weight excluding hydrogens is 168 g/mol. The average molecular weight is 191 g/mol. The van der Waals surface area contributed by atoms with Crippen molar-refractivity contribution in [2.75, 3.05) is 5.88 Å². The highest BCUT2D eigenvalue weighted by Gasteiger charge is 2.10. The number of hydrogen-bond acceptors (Lipinski definition) is 0. The molecule has 0 heterocycles. The zero-order valence-corrected chi connectivity index (χ0v) is 9.53. The van der Waals surface area contributed by atoms with Gasteiger partial charge in [-0.15, -0.1) is 11.6 Å². The normalized spacial score (nSPS) is 13.8. The van der Waals surface area contributed by atoms with Gasteiger partial charge in [-0.1, -0.05) is 46.5 Å². The molecule has 0 saturated heterocycles. The van der Waals surface area contributed by atoms with E-state index in [1.807, 2.05) is 0 Å². The maximum absolute atomic E-state index is 5.88. The molecule has 1 heteroatoms. The van der Waals surface area contributed by atoms with Crippen molar-refractivity contribution in [1.29, 1.82) is 0 Å². The predicted molar refractivity (Wildman–Crippen MR) is 57.8 cm³/mol. The monoisotopic (exact) mass is 190 g/mol. The van der Waals surface area contributed by atoms with Gasteiger partial charge in [-0.05, 0) is 18.3 Å². The van der Waals surface area contributed by atoms with Gasteiger partial charge >= 0.3 is 0 Å². The third kappa shape index (κ3) is 5.88. The highest BCUT2D eigenvalue weighted by molar-refractivity contribution is 6.18. The van der Waals surface area contributed by atoms with Crippen molar-refractivity contribution in [3.8, 4) is 0 Å². The summed E-state index contributed by atoms with van der Waals surface area (Å²) in [6.07, 6.45) is 6.78. The van der Waals surface area contributed by atoms with Gasteiger partial charge in [0.15, 0.2) is 0 Å². The lowest BCUT2D eigenvalue weighted by Gasteiger charge is -2.17. The second-order valence-corrected chi connectivity index (χ2v) is 4.32. The van der Waals surface area contributed by atoms with Crippen molar-refractivity contribution in [3.63, 3.8) is 0 Å². The van der Waals surface area contributed by atoms with Gasteiger partial charge in [0.25, 0.3) is 0 Å². The number of alkyl halides is 1. The van der Waals surface area contributed by atoms with Crippen LogP contribution in [0, 0.1) is 11.8 Å². The topological polar surface area (TPSA) is 0 Å². The predicted octanol–water partition coefficient (Wildman–Crippen LogP) is 4.47. The first-order valence-corrected chi connectivity index (χ1v) is 5.81. The maximum atomic E-state index is 5.88. The van der Waals surface area contributed by atoms with Crippen LogP contribution in [0.1, 0.15) is 52.9 Å². The van der Waals surface area contributed by atoms with Crippen molar-refractivity contribution in [3.05, 3.63) is 0 Å². The van der Waals surface area contributed by atoms with E-state index in [1.54, 1.807) is 0 Å². The van der Waals surface area contributed by atoms with Gasteiger partial charge < -0.3 is 0 Å².